The Morgan fingerprint density at radius 2 is 1.42 bits per heavy atom. The van der Waals surface area contributed by atoms with Crippen molar-refractivity contribution in [1.29, 1.82) is 5.26 Å². The summed E-state index contributed by atoms with van der Waals surface area (Å²) < 4.78 is 113. The van der Waals surface area contributed by atoms with Gasteiger partial charge in [-0.1, -0.05) is 30.3 Å². The highest BCUT2D eigenvalue weighted by atomic mass is 32.2. The maximum atomic E-state index is 13.4. The first-order valence-electron chi connectivity index (χ1n) is 12.1. The Balaban J connectivity index is 2.29. The summed E-state index contributed by atoms with van der Waals surface area (Å²) >= 11 is 0. The summed E-state index contributed by atoms with van der Waals surface area (Å²) in [5, 5.41) is 9.04. The predicted molar refractivity (Wildman–Crippen MR) is 153 cm³/mol. The lowest BCUT2D eigenvalue weighted by molar-refractivity contribution is -0.139. The van der Waals surface area contributed by atoms with Crippen LogP contribution in [0, 0.1) is 11.3 Å². The number of methoxy groups -OCH3 is 2. The molecule has 0 spiro atoms. The Kier molecular flexibility index (Phi) is 8.51. The molecule has 1 aliphatic heterocycles. The van der Waals surface area contributed by atoms with E-state index in [0.717, 1.165) is 14.2 Å². The number of fused-ring (bicyclic) bond motifs is 1. The minimum Gasteiger partial charge on any atom is -0.466 e. The molecule has 0 amide bonds. The largest absolute Gasteiger partial charge is 0.466 e. The van der Waals surface area contributed by atoms with Crippen LogP contribution in [-0.4, -0.2) is 65.1 Å². The van der Waals surface area contributed by atoms with Crippen molar-refractivity contribution in [1.82, 2.24) is 0 Å². The van der Waals surface area contributed by atoms with E-state index in [2.05, 4.69) is 0 Å². The monoisotopic (exact) mass is 679 g/mol. The Bertz CT molecular complexity index is 2220. The highest BCUT2D eigenvalue weighted by Gasteiger charge is 2.44. The molecular weight excluding hydrogens is 658 g/mol. The second kappa shape index (κ2) is 11.6. The van der Waals surface area contributed by atoms with Crippen molar-refractivity contribution >= 4 is 58.8 Å². The van der Waals surface area contributed by atoms with Gasteiger partial charge in [-0.25, -0.2) is 9.59 Å². The summed E-state index contributed by atoms with van der Waals surface area (Å²) in [5.41, 5.74) is 4.00. The number of nitrogens with two attached hydrogens (primary N) is 1. The Labute approximate surface area is 255 Å². The lowest BCUT2D eigenvalue weighted by Gasteiger charge is -2.36. The molecule has 1 unspecified atom stereocenters. The van der Waals surface area contributed by atoms with Gasteiger partial charge in [-0.3, -0.25) is 18.6 Å². The molecule has 0 saturated carbocycles. The fraction of sp³-hybridized carbons (Fsp3) is 0.115. The van der Waals surface area contributed by atoms with Crippen molar-refractivity contribution in [2.75, 3.05) is 19.1 Å². The number of esters is 2. The average molecular weight is 680 g/mol. The Morgan fingerprint density at radius 1 is 0.844 bits per heavy atom. The molecule has 1 heterocycles. The molecule has 3 aromatic carbocycles. The van der Waals surface area contributed by atoms with E-state index in [1.807, 2.05) is 6.07 Å². The predicted octanol–water partition coefficient (Wildman–Crippen LogP) is 1.48. The number of ether oxygens (including phenoxy) is 2. The lowest BCUT2D eigenvalue weighted by atomic mass is 9.81. The van der Waals surface area contributed by atoms with Crippen LogP contribution in [0.4, 0.5) is 5.69 Å². The molecule has 0 saturated heterocycles. The zero-order valence-corrected chi connectivity index (χ0v) is 25.3. The fourth-order valence-electron chi connectivity index (χ4n) is 4.83. The summed E-state index contributed by atoms with van der Waals surface area (Å²) in [6.07, 6.45) is 0. The molecule has 0 fully saturated rings. The van der Waals surface area contributed by atoms with Gasteiger partial charge in [0, 0.05) is 5.39 Å². The van der Waals surface area contributed by atoms with Crippen molar-refractivity contribution in [2.24, 2.45) is 5.73 Å². The molecule has 0 radical (unpaired) electrons. The van der Waals surface area contributed by atoms with Crippen LogP contribution in [0.15, 0.2) is 91.9 Å². The van der Waals surface area contributed by atoms with Crippen molar-refractivity contribution in [3.8, 4) is 6.07 Å². The highest BCUT2D eigenvalue weighted by molar-refractivity contribution is 7.87. The van der Waals surface area contributed by atoms with Crippen LogP contribution in [0.5, 0.6) is 0 Å². The van der Waals surface area contributed by atoms with Gasteiger partial charge >= 0.3 is 11.9 Å². The van der Waals surface area contributed by atoms with Gasteiger partial charge in [0.1, 0.15) is 21.3 Å². The second-order valence-electron chi connectivity index (χ2n) is 9.22. The molecule has 3 aromatic rings. The van der Waals surface area contributed by atoms with Crippen LogP contribution < -0.4 is 10.6 Å². The summed E-state index contributed by atoms with van der Waals surface area (Å²) in [5.74, 6) is -4.57. The molecule has 1 aliphatic rings. The normalized spacial score (nSPS) is 16.0. The number of benzene rings is 3. The van der Waals surface area contributed by atoms with Crippen molar-refractivity contribution in [2.45, 2.75) is 20.6 Å². The van der Waals surface area contributed by atoms with Crippen molar-refractivity contribution < 1.29 is 58.0 Å². The summed E-state index contributed by atoms with van der Waals surface area (Å²) in [4.78, 5) is 23.8. The first kappa shape index (κ1) is 33.1. The molecule has 5 N–H and O–H groups in total. The van der Waals surface area contributed by atoms with E-state index in [0.29, 0.717) is 29.2 Å². The van der Waals surface area contributed by atoms with Crippen molar-refractivity contribution in [3.63, 3.8) is 0 Å². The minimum atomic E-state index is -5.40. The summed E-state index contributed by atoms with van der Waals surface area (Å²) in [6, 6.07) is 11.8. The smallest absolute Gasteiger partial charge is 0.355 e. The molecule has 1 atom stereocenters. The highest BCUT2D eigenvalue weighted by Crippen LogP contribution is 2.46. The number of allylic oxidation sites excluding steroid dienone is 1. The van der Waals surface area contributed by atoms with Gasteiger partial charge < -0.3 is 15.2 Å². The number of nitrogens with zero attached hydrogens (tertiary/aromatic N) is 2. The quantitative estimate of drug-likeness (QED) is 0.203. The van der Waals surface area contributed by atoms with Crippen LogP contribution >= 0.6 is 0 Å². The van der Waals surface area contributed by atoms with Gasteiger partial charge in [0.15, 0.2) is 0 Å². The van der Waals surface area contributed by atoms with Gasteiger partial charge in [0.05, 0.1) is 47.9 Å². The summed E-state index contributed by atoms with van der Waals surface area (Å²) in [6.45, 7) is 0. The molecule has 16 nitrogen and oxygen atoms in total. The number of anilines is 1. The van der Waals surface area contributed by atoms with Crippen LogP contribution in [0.1, 0.15) is 11.5 Å². The van der Waals surface area contributed by atoms with E-state index < -0.39 is 102 Å². The van der Waals surface area contributed by atoms with Gasteiger partial charge in [-0.05, 0) is 35.2 Å². The van der Waals surface area contributed by atoms with Crippen LogP contribution in [0.3, 0.4) is 0 Å². The van der Waals surface area contributed by atoms with E-state index in [1.54, 1.807) is 18.2 Å². The van der Waals surface area contributed by atoms with Gasteiger partial charge in [-0.2, -0.15) is 30.5 Å². The van der Waals surface area contributed by atoms with E-state index in [4.69, 9.17) is 15.2 Å². The number of carbonyl (C=O) groups excluding carboxylic acids is 2. The maximum absolute atomic E-state index is 13.4. The number of hydrogen-bond donors (Lipinski definition) is 4. The van der Waals surface area contributed by atoms with E-state index in [-0.39, 0.29) is 5.56 Å². The van der Waals surface area contributed by atoms with E-state index in [1.165, 1.54) is 12.1 Å². The van der Waals surface area contributed by atoms with Crippen LogP contribution in [0.2, 0.25) is 0 Å². The fourth-order valence-corrected chi connectivity index (χ4v) is 6.86. The molecule has 236 valence electrons. The zero-order chi connectivity index (χ0) is 33.6. The molecule has 0 aliphatic carbocycles. The van der Waals surface area contributed by atoms with E-state index in [9.17, 15) is 53.8 Å². The molecule has 0 aromatic heterocycles. The van der Waals surface area contributed by atoms with Gasteiger partial charge in [-0.15, -0.1) is 0 Å². The van der Waals surface area contributed by atoms with E-state index >= 15 is 0 Å². The standard InChI is InChI=1S/C26H21N3O13S3/c1-41-25(30)22-21(13-6-4-3-5-7-13)17(12-27)24(28)29(23(22)26(31)42-2)18-11-16-14(9-20(18)45(38,39)40)8-15(43(32,33)34)10-19(16)44(35,36)37/h3-11,21H,28H2,1-2H3,(H,32,33,34)(H,35,36,37)(H,38,39,40). The first-order chi connectivity index (χ1) is 20.9. The molecule has 4 rings (SSSR count). The minimum absolute atomic E-state index is 0.262. The zero-order valence-electron chi connectivity index (χ0n) is 22.9. The third kappa shape index (κ3) is 5.97. The van der Waals surface area contributed by atoms with Crippen LogP contribution in [0.25, 0.3) is 10.8 Å². The molecular formula is C26H21N3O13S3. The number of hydrogen-bond acceptors (Lipinski definition) is 13. The topological polar surface area (TPSA) is 269 Å². The molecule has 45 heavy (non-hydrogen) atoms. The second-order valence-corrected chi connectivity index (χ2v) is 13.4. The first-order valence-corrected chi connectivity index (χ1v) is 16.4. The Hall–Kier alpha value is -4.84. The number of rotatable bonds is 7. The SMILES string of the molecule is COC(=O)C1=C(C(=O)OC)N(c2cc3c(S(=O)(=O)O)cc(S(=O)(=O)O)cc3cc2S(=O)(=O)O)C(N)=C(C#N)C1c1ccccc1. The third-order valence-electron chi connectivity index (χ3n) is 6.67. The summed E-state index contributed by atoms with van der Waals surface area (Å²) in [7, 11) is -14.0. The Morgan fingerprint density at radius 3 is 1.91 bits per heavy atom. The number of nitriles is 1. The van der Waals surface area contributed by atoms with Crippen LogP contribution in [-0.2, 0) is 49.4 Å². The number of carbonyl (C=O) groups is 2. The third-order valence-corrected chi connectivity index (χ3v) is 9.28. The van der Waals surface area contributed by atoms with Gasteiger partial charge in [0.2, 0.25) is 0 Å². The van der Waals surface area contributed by atoms with Crippen molar-refractivity contribution in [3.05, 3.63) is 82.8 Å². The average Bonchev–Trinajstić information content (AvgIpc) is 2.97. The maximum Gasteiger partial charge on any atom is 0.355 e. The molecule has 19 heteroatoms. The lowest BCUT2D eigenvalue weighted by Crippen LogP contribution is -2.41. The molecule has 0 bridgehead atoms. The van der Waals surface area contributed by atoms with Gasteiger partial charge in [0.25, 0.3) is 30.4 Å².